The van der Waals surface area contributed by atoms with Gasteiger partial charge in [0.15, 0.2) is 5.58 Å². The van der Waals surface area contributed by atoms with Crippen molar-refractivity contribution < 1.29 is 4.42 Å². The van der Waals surface area contributed by atoms with Crippen molar-refractivity contribution in [2.24, 2.45) is 0 Å². The van der Waals surface area contributed by atoms with Crippen LogP contribution >= 0.6 is 0 Å². The molecular formula is C18H19N3O2. The molecule has 0 spiro atoms. The van der Waals surface area contributed by atoms with Gasteiger partial charge in [0.1, 0.15) is 5.52 Å². The van der Waals surface area contributed by atoms with E-state index in [9.17, 15) is 4.79 Å². The molecule has 0 N–H and O–H groups in total. The van der Waals surface area contributed by atoms with Gasteiger partial charge < -0.3 is 9.43 Å². The minimum Gasteiger partial charge on any atom is -0.406 e. The smallest absolute Gasteiger partial charge is 0.406 e. The summed E-state index contributed by atoms with van der Waals surface area (Å²) in [6.07, 6.45) is 0. The summed E-state index contributed by atoms with van der Waals surface area (Å²) in [7, 11) is 0. The fraction of sp³-hybridized carbons (Fsp3) is 0.278. The lowest BCUT2D eigenvalue weighted by atomic mass is 10.2. The molecule has 0 atom stereocenters. The van der Waals surface area contributed by atoms with Crippen LogP contribution in [0, 0.1) is 0 Å². The van der Waals surface area contributed by atoms with Crippen molar-refractivity contribution >= 4 is 11.1 Å². The fourth-order valence-corrected chi connectivity index (χ4v) is 3.16. The van der Waals surface area contributed by atoms with Gasteiger partial charge in [-0.2, -0.15) is 4.68 Å². The summed E-state index contributed by atoms with van der Waals surface area (Å²) < 4.78 is 7.00. The lowest BCUT2D eigenvalue weighted by Gasteiger charge is -2.35. The molecule has 3 aromatic rings. The average molecular weight is 309 g/mol. The van der Waals surface area contributed by atoms with Crippen LogP contribution in [0.1, 0.15) is 5.56 Å². The van der Waals surface area contributed by atoms with Crippen LogP contribution in [-0.4, -0.2) is 35.8 Å². The average Bonchev–Trinajstić information content (AvgIpc) is 2.92. The molecule has 0 amide bonds. The Kier molecular flexibility index (Phi) is 3.63. The third-order valence-electron chi connectivity index (χ3n) is 4.34. The number of hydrogen-bond donors (Lipinski definition) is 0. The SMILES string of the molecule is O=c1oc2ccccc2n1N1CCN(Cc2ccccc2)CC1. The van der Waals surface area contributed by atoms with Gasteiger partial charge in [0, 0.05) is 32.7 Å². The van der Waals surface area contributed by atoms with E-state index in [0.29, 0.717) is 5.58 Å². The van der Waals surface area contributed by atoms with Crippen molar-refractivity contribution in [1.82, 2.24) is 9.58 Å². The molecule has 2 aromatic carbocycles. The molecule has 0 radical (unpaired) electrons. The van der Waals surface area contributed by atoms with Gasteiger partial charge in [-0.15, -0.1) is 0 Å². The molecule has 1 aliphatic heterocycles. The zero-order chi connectivity index (χ0) is 15.6. The topological polar surface area (TPSA) is 41.6 Å². The standard InChI is InChI=1S/C18H19N3O2/c22-18-21(16-8-4-5-9-17(16)23-18)20-12-10-19(11-13-20)14-15-6-2-1-3-7-15/h1-9H,10-14H2. The molecular weight excluding hydrogens is 290 g/mol. The van der Waals surface area contributed by atoms with Gasteiger partial charge in [0.05, 0.1) is 0 Å². The van der Waals surface area contributed by atoms with E-state index in [4.69, 9.17) is 4.42 Å². The van der Waals surface area contributed by atoms with Crippen molar-refractivity contribution in [3.63, 3.8) is 0 Å². The van der Waals surface area contributed by atoms with Crippen LogP contribution in [0.15, 0.2) is 63.8 Å². The van der Waals surface area contributed by atoms with Gasteiger partial charge in [-0.3, -0.25) is 4.90 Å². The Morgan fingerprint density at radius 3 is 2.35 bits per heavy atom. The molecule has 0 aliphatic carbocycles. The quantitative estimate of drug-likeness (QED) is 0.742. The van der Waals surface area contributed by atoms with Gasteiger partial charge in [-0.1, -0.05) is 42.5 Å². The van der Waals surface area contributed by atoms with E-state index in [2.05, 4.69) is 34.2 Å². The number of piperazine rings is 1. The molecule has 0 saturated carbocycles. The highest BCUT2D eigenvalue weighted by atomic mass is 16.4. The Morgan fingerprint density at radius 2 is 1.57 bits per heavy atom. The van der Waals surface area contributed by atoms with E-state index in [1.165, 1.54) is 5.56 Å². The first kappa shape index (κ1) is 14.1. The second-order valence-electron chi connectivity index (χ2n) is 5.86. The molecule has 1 saturated heterocycles. The lowest BCUT2D eigenvalue weighted by molar-refractivity contribution is 0.230. The van der Waals surface area contributed by atoms with Crippen molar-refractivity contribution in [2.75, 3.05) is 31.2 Å². The van der Waals surface area contributed by atoms with Crippen LogP contribution in [0.3, 0.4) is 0 Å². The Balaban J connectivity index is 1.49. The molecule has 2 heterocycles. The zero-order valence-electron chi connectivity index (χ0n) is 12.9. The second kappa shape index (κ2) is 5.93. The predicted octanol–water partition coefficient (Wildman–Crippen LogP) is 2.05. The first-order valence-electron chi connectivity index (χ1n) is 7.93. The van der Waals surface area contributed by atoms with Crippen LogP contribution in [0.5, 0.6) is 0 Å². The van der Waals surface area contributed by atoms with Crippen molar-refractivity contribution in [1.29, 1.82) is 0 Å². The fourth-order valence-electron chi connectivity index (χ4n) is 3.16. The highest BCUT2D eigenvalue weighted by Crippen LogP contribution is 2.14. The summed E-state index contributed by atoms with van der Waals surface area (Å²) in [5.41, 5.74) is 2.81. The summed E-state index contributed by atoms with van der Waals surface area (Å²) in [6, 6.07) is 18.1. The Morgan fingerprint density at radius 1 is 0.870 bits per heavy atom. The maximum absolute atomic E-state index is 12.2. The Bertz CT molecular complexity index is 845. The summed E-state index contributed by atoms with van der Waals surface area (Å²) in [6.45, 7) is 4.45. The number of hydrogen-bond acceptors (Lipinski definition) is 4. The normalized spacial score (nSPS) is 16.1. The molecule has 1 fully saturated rings. The minimum atomic E-state index is -0.303. The van der Waals surface area contributed by atoms with Gasteiger partial charge in [-0.25, -0.2) is 4.79 Å². The van der Waals surface area contributed by atoms with Gasteiger partial charge in [0.25, 0.3) is 0 Å². The number of oxazole rings is 1. The number of fused-ring (bicyclic) bond motifs is 1. The monoisotopic (exact) mass is 309 g/mol. The van der Waals surface area contributed by atoms with Crippen molar-refractivity contribution in [3.05, 3.63) is 70.7 Å². The maximum atomic E-state index is 12.2. The molecule has 1 aromatic heterocycles. The summed E-state index contributed by atoms with van der Waals surface area (Å²) in [5, 5.41) is 2.08. The zero-order valence-corrected chi connectivity index (χ0v) is 12.9. The Hall–Kier alpha value is -2.53. The second-order valence-corrected chi connectivity index (χ2v) is 5.86. The third-order valence-corrected chi connectivity index (χ3v) is 4.34. The van der Waals surface area contributed by atoms with E-state index in [1.54, 1.807) is 4.68 Å². The number of benzene rings is 2. The summed E-state index contributed by atoms with van der Waals surface area (Å²) in [5.74, 6) is -0.303. The Labute approximate surface area is 134 Å². The third kappa shape index (κ3) is 2.75. The van der Waals surface area contributed by atoms with Crippen LogP contribution in [0.2, 0.25) is 0 Å². The van der Waals surface area contributed by atoms with E-state index < -0.39 is 0 Å². The van der Waals surface area contributed by atoms with E-state index in [-0.39, 0.29) is 5.76 Å². The number of para-hydroxylation sites is 2. The first-order valence-corrected chi connectivity index (χ1v) is 7.93. The molecule has 5 nitrogen and oxygen atoms in total. The summed E-state index contributed by atoms with van der Waals surface area (Å²) >= 11 is 0. The lowest BCUT2D eigenvalue weighted by Crippen LogP contribution is -2.53. The summed E-state index contributed by atoms with van der Waals surface area (Å²) in [4.78, 5) is 14.6. The molecule has 1 aliphatic rings. The van der Waals surface area contributed by atoms with Gasteiger partial charge in [-0.05, 0) is 17.7 Å². The molecule has 4 rings (SSSR count). The van der Waals surface area contributed by atoms with E-state index in [0.717, 1.165) is 38.2 Å². The highest BCUT2D eigenvalue weighted by Gasteiger charge is 2.21. The van der Waals surface area contributed by atoms with E-state index in [1.807, 2.05) is 30.3 Å². The molecule has 0 unspecified atom stereocenters. The van der Waals surface area contributed by atoms with E-state index >= 15 is 0 Å². The van der Waals surface area contributed by atoms with Crippen LogP contribution < -0.4 is 10.8 Å². The predicted molar refractivity (Wildman–Crippen MR) is 90.1 cm³/mol. The largest absolute Gasteiger partial charge is 0.438 e. The highest BCUT2D eigenvalue weighted by molar-refractivity contribution is 5.72. The van der Waals surface area contributed by atoms with Crippen LogP contribution in [0.25, 0.3) is 11.1 Å². The van der Waals surface area contributed by atoms with Crippen molar-refractivity contribution in [2.45, 2.75) is 6.54 Å². The van der Waals surface area contributed by atoms with Gasteiger partial charge >= 0.3 is 5.76 Å². The maximum Gasteiger partial charge on any atom is 0.438 e. The van der Waals surface area contributed by atoms with Gasteiger partial charge in [0.2, 0.25) is 0 Å². The molecule has 0 bridgehead atoms. The molecule has 23 heavy (non-hydrogen) atoms. The number of aromatic nitrogens is 1. The molecule has 118 valence electrons. The molecule has 5 heteroatoms. The first-order chi connectivity index (χ1) is 11.3. The number of nitrogens with zero attached hydrogens (tertiary/aromatic N) is 3. The van der Waals surface area contributed by atoms with Crippen molar-refractivity contribution in [3.8, 4) is 0 Å². The van der Waals surface area contributed by atoms with Crippen LogP contribution in [-0.2, 0) is 6.54 Å². The minimum absolute atomic E-state index is 0.303. The number of rotatable bonds is 3. The van der Waals surface area contributed by atoms with Crippen LogP contribution in [0.4, 0.5) is 0 Å².